The van der Waals surface area contributed by atoms with E-state index < -0.39 is 0 Å². The van der Waals surface area contributed by atoms with Gasteiger partial charge in [-0.15, -0.1) is 0 Å². The van der Waals surface area contributed by atoms with E-state index in [0.29, 0.717) is 11.6 Å². The normalized spacial score (nSPS) is 15.3. The first kappa shape index (κ1) is 16.4. The maximum atomic E-state index is 12.4. The fourth-order valence-corrected chi connectivity index (χ4v) is 2.65. The van der Waals surface area contributed by atoms with Crippen molar-refractivity contribution in [1.82, 2.24) is 14.9 Å². The highest BCUT2D eigenvalue weighted by Gasteiger charge is 2.18. The van der Waals surface area contributed by atoms with E-state index in [4.69, 9.17) is 0 Å². The van der Waals surface area contributed by atoms with Gasteiger partial charge >= 0.3 is 0 Å². The Hall–Kier alpha value is -2.47. The minimum absolute atomic E-state index is 0.211. The summed E-state index contributed by atoms with van der Waals surface area (Å²) in [6, 6.07) is 9.52. The van der Waals surface area contributed by atoms with Gasteiger partial charge < -0.3 is 15.1 Å². The van der Waals surface area contributed by atoms with Gasteiger partial charge in [0.15, 0.2) is 0 Å². The molecule has 0 spiro atoms. The molecule has 0 aliphatic carbocycles. The number of hydrogen-bond donors (Lipinski definition) is 1. The molecule has 1 aromatic heterocycles. The second-order valence-electron chi connectivity index (χ2n) is 6.04. The zero-order valence-corrected chi connectivity index (χ0v) is 14.2. The Balaban J connectivity index is 1.69. The van der Waals surface area contributed by atoms with Crippen LogP contribution in [0.5, 0.6) is 0 Å². The third-order valence-corrected chi connectivity index (χ3v) is 4.28. The minimum Gasteiger partial charge on any atom is -0.338 e. The van der Waals surface area contributed by atoms with Gasteiger partial charge in [0.2, 0.25) is 5.95 Å². The average molecular weight is 325 g/mol. The third-order valence-electron chi connectivity index (χ3n) is 4.28. The van der Waals surface area contributed by atoms with Crippen LogP contribution in [-0.4, -0.2) is 54.0 Å². The number of hydrogen-bond acceptors (Lipinski definition) is 5. The highest BCUT2D eigenvalue weighted by molar-refractivity contribution is 6.02. The first-order valence-corrected chi connectivity index (χ1v) is 8.32. The molecule has 0 unspecified atom stereocenters. The molecule has 1 aromatic carbocycles. The summed E-state index contributed by atoms with van der Waals surface area (Å²) in [5.74, 6) is 0.411. The molecule has 24 heavy (non-hydrogen) atoms. The average Bonchev–Trinajstić information content (AvgIpc) is 2.63. The number of aryl methyl sites for hydroxylation is 1. The SMILES string of the molecule is CCc1ccc(NC(=O)c2ccnc(N3CCN(C)CC3)n2)cc1. The van der Waals surface area contributed by atoms with E-state index in [9.17, 15) is 4.79 Å². The summed E-state index contributed by atoms with van der Waals surface area (Å²) in [6.45, 7) is 5.81. The van der Waals surface area contributed by atoms with Crippen LogP contribution < -0.4 is 10.2 Å². The number of anilines is 2. The predicted octanol–water partition coefficient (Wildman–Crippen LogP) is 2.04. The first-order chi connectivity index (χ1) is 11.7. The molecule has 3 rings (SSSR count). The summed E-state index contributed by atoms with van der Waals surface area (Å²) in [5.41, 5.74) is 2.41. The van der Waals surface area contributed by atoms with Crippen molar-refractivity contribution in [3.63, 3.8) is 0 Å². The van der Waals surface area contributed by atoms with E-state index in [-0.39, 0.29) is 5.91 Å². The number of carbonyl (C=O) groups is 1. The van der Waals surface area contributed by atoms with Gasteiger partial charge in [0.25, 0.3) is 5.91 Å². The van der Waals surface area contributed by atoms with Gasteiger partial charge in [-0.2, -0.15) is 0 Å². The topological polar surface area (TPSA) is 61.4 Å². The molecule has 1 aliphatic heterocycles. The van der Waals surface area contributed by atoms with Crippen LogP contribution >= 0.6 is 0 Å². The second kappa shape index (κ2) is 7.40. The van der Waals surface area contributed by atoms with E-state index >= 15 is 0 Å². The third kappa shape index (κ3) is 3.89. The lowest BCUT2D eigenvalue weighted by Crippen LogP contribution is -2.45. The summed E-state index contributed by atoms with van der Waals surface area (Å²) in [4.78, 5) is 25.6. The lowest BCUT2D eigenvalue weighted by molar-refractivity contribution is 0.102. The molecular formula is C18H23N5O. The zero-order valence-electron chi connectivity index (χ0n) is 14.2. The summed E-state index contributed by atoms with van der Waals surface area (Å²) >= 11 is 0. The van der Waals surface area contributed by atoms with Gasteiger partial charge in [0, 0.05) is 38.1 Å². The van der Waals surface area contributed by atoms with Gasteiger partial charge in [-0.25, -0.2) is 9.97 Å². The summed E-state index contributed by atoms with van der Waals surface area (Å²) in [6.07, 6.45) is 2.63. The molecule has 1 saturated heterocycles. The Bertz CT molecular complexity index is 693. The van der Waals surface area contributed by atoms with E-state index in [1.54, 1.807) is 12.3 Å². The molecular weight excluding hydrogens is 302 g/mol. The molecule has 0 atom stereocenters. The monoisotopic (exact) mass is 325 g/mol. The van der Waals surface area contributed by atoms with Crippen LogP contribution in [-0.2, 0) is 6.42 Å². The number of amides is 1. The van der Waals surface area contributed by atoms with Crippen molar-refractivity contribution in [2.75, 3.05) is 43.4 Å². The predicted molar refractivity (Wildman–Crippen MR) is 95.5 cm³/mol. The van der Waals surface area contributed by atoms with Crippen LogP contribution in [0.3, 0.4) is 0 Å². The Morgan fingerprint density at radius 1 is 1.12 bits per heavy atom. The Morgan fingerprint density at radius 2 is 1.83 bits per heavy atom. The number of likely N-dealkylation sites (N-methyl/N-ethyl adjacent to an activating group) is 1. The van der Waals surface area contributed by atoms with Gasteiger partial charge in [-0.3, -0.25) is 4.79 Å². The van der Waals surface area contributed by atoms with Crippen molar-refractivity contribution in [2.45, 2.75) is 13.3 Å². The Morgan fingerprint density at radius 3 is 2.50 bits per heavy atom. The number of nitrogens with zero attached hydrogens (tertiary/aromatic N) is 4. The smallest absolute Gasteiger partial charge is 0.274 e. The van der Waals surface area contributed by atoms with E-state index in [0.717, 1.165) is 38.3 Å². The maximum Gasteiger partial charge on any atom is 0.274 e. The molecule has 126 valence electrons. The van der Waals surface area contributed by atoms with Crippen LogP contribution in [0.15, 0.2) is 36.5 Å². The van der Waals surface area contributed by atoms with Crippen LogP contribution in [0.1, 0.15) is 23.0 Å². The van der Waals surface area contributed by atoms with Crippen molar-refractivity contribution in [3.05, 3.63) is 47.8 Å². The van der Waals surface area contributed by atoms with E-state index in [1.807, 2.05) is 24.3 Å². The molecule has 6 heteroatoms. The first-order valence-electron chi connectivity index (χ1n) is 8.32. The number of benzene rings is 1. The highest BCUT2D eigenvalue weighted by Crippen LogP contribution is 2.13. The van der Waals surface area contributed by atoms with Crippen LogP contribution in [0.25, 0.3) is 0 Å². The number of aromatic nitrogens is 2. The van der Waals surface area contributed by atoms with Crippen LogP contribution in [0.4, 0.5) is 11.6 Å². The van der Waals surface area contributed by atoms with Crippen molar-refractivity contribution >= 4 is 17.5 Å². The number of carbonyl (C=O) groups excluding carboxylic acids is 1. The van der Waals surface area contributed by atoms with Crippen molar-refractivity contribution in [3.8, 4) is 0 Å². The Labute approximate surface area is 142 Å². The molecule has 0 saturated carbocycles. The molecule has 1 fully saturated rings. The summed E-state index contributed by atoms with van der Waals surface area (Å²) < 4.78 is 0. The molecule has 0 bridgehead atoms. The van der Waals surface area contributed by atoms with Crippen molar-refractivity contribution in [2.24, 2.45) is 0 Å². The van der Waals surface area contributed by atoms with Crippen molar-refractivity contribution < 1.29 is 4.79 Å². The van der Waals surface area contributed by atoms with Crippen LogP contribution in [0, 0.1) is 0 Å². The minimum atomic E-state index is -0.211. The number of rotatable bonds is 4. The molecule has 0 radical (unpaired) electrons. The molecule has 2 heterocycles. The molecule has 6 nitrogen and oxygen atoms in total. The second-order valence-corrected chi connectivity index (χ2v) is 6.04. The van der Waals surface area contributed by atoms with Gasteiger partial charge in [-0.1, -0.05) is 19.1 Å². The molecule has 1 N–H and O–H groups in total. The lowest BCUT2D eigenvalue weighted by atomic mass is 10.1. The lowest BCUT2D eigenvalue weighted by Gasteiger charge is -2.32. The Kier molecular flexibility index (Phi) is 5.05. The van der Waals surface area contributed by atoms with Crippen molar-refractivity contribution in [1.29, 1.82) is 0 Å². The fraction of sp³-hybridized carbons (Fsp3) is 0.389. The zero-order chi connectivity index (χ0) is 16.9. The highest BCUT2D eigenvalue weighted by atomic mass is 16.1. The number of nitrogens with one attached hydrogen (secondary N) is 1. The maximum absolute atomic E-state index is 12.4. The van der Waals surface area contributed by atoms with Gasteiger partial charge in [0.05, 0.1) is 0 Å². The van der Waals surface area contributed by atoms with E-state index in [1.165, 1.54) is 5.56 Å². The fourth-order valence-electron chi connectivity index (χ4n) is 2.65. The quantitative estimate of drug-likeness (QED) is 0.932. The van der Waals surface area contributed by atoms with Gasteiger partial charge in [0.1, 0.15) is 5.69 Å². The van der Waals surface area contributed by atoms with E-state index in [2.05, 4.69) is 39.1 Å². The summed E-state index contributed by atoms with van der Waals surface area (Å²) in [7, 11) is 2.10. The summed E-state index contributed by atoms with van der Waals surface area (Å²) in [5, 5.41) is 2.89. The number of piperazine rings is 1. The molecule has 2 aromatic rings. The van der Waals surface area contributed by atoms with Gasteiger partial charge in [-0.05, 0) is 37.2 Å². The molecule has 1 aliphatic rings. The largest absolute Gasteiger partial charge is 0.338 e. The van der Waals surface area contributed by atoms with Crippen LogP contribution in [0.2, 0.25) is 0 Å². The standard InChI is InChI=1S/C18H23N5O/c1-3-14-4-6-15(7-5-14)20-17(24)16-8-9-19-18(21-16)23-12-10-22(2)11-13-23/h4-9H,3,10-13H2,1-2H3,(H,20,24). The molecule has 1 amide bonds.